The van der Waals surface area contributed by atoms with Gasteiger partial charge in [0.05, 0.1) is 6.67 Å². The molecule has 0 aromatic rings. The zero-order chi connectivity index (χ0) is 7.56. The first-order valence-electron chi connectivity index (χ1n) is 3.17. The molecule has 0 aromatic heterocycles. The van der Waals surface area contributed by atoms with Gasteiger partial charge in [-0.2, -0.15) is 0 Å². The maximum Gasteiger partial charge on any atom is 0.117 e. The molecule has 0 spiro atoms. The lowest BCUT2D eigenvalue weighted by Gasteiger charge is -2.18. The highest BCUT2D eigenvalue weighted by atomic mass is 16.3. The summed E-state index contributed by atoms with van der Waals surface area (Å²) in [7, 11) is 0. The highest BCUT2D eigenvalue weighted by molar-refractivity contribution is 5.01. The molecule has 4 heteroatoms. The van der Waals surface area contributed by atoms with Crippen LogP contribution in [-0.2, 0) is 0 Å². The van der Waals surface area contributed by atoms with Crippen LogP contribution >= 0.6 is 0 Å². The summed E-state index contributed by atoms with van der Waals surface area (Å²) in [5.41, 5.74) is 0.983. The van der Waals surface area contributed by atoms with Crippen molar-refractivity contribution in [3.05, 3.63) is 11.9 Å². The number of rotatable bonds is 2. The molecule has 1 aliphatic rings. The lowest BCUT2D eigenvalue weighted by molar-refractivity contribution is 0.0817. The van der Waals surface area contributed by atoms with Crippen molar-refractivity contribution in [1.82, 2.24) is 9.80 Å². The van der Waals surface area contributed by atoms with Crippen LogP contribution < -0.4 is 0 Å². The summed E-state index contributed by atoms with van der Waals surface area (Å²) in [5, 5.41) is 17.4. The SMILES string of the molecule is CC1=CN(CO)CN1CO. The number of nitrogens with zero attached hydrogens (tertiary/aromatic N) is 2. The van der Waals surface area contributed by atoms with Crippen LogP contribution in [0.2, 0.25) is 0 Å². The van der Waals surface area contributed by atoms with Crippen LogP contribution in [0.3, 0.4) is 0 Å². The molecule has 0 atom stereocenters. The second-order valence-electron chi connectivity index (χ2n) is 2.32. The fourth-order valence-corrected chi connectivity index (χ4v) is 0.959. The number of hydrogen-bond donors (Lipinski definition) is 2. The van der Waals surface area contributed by atoms with E-state index in [0.29, 0.717) is 6.67 Å². The van der Waals surface area contributed by atoms with Crippen LogP contribution in [0.15, 0.2) is 11.9 Å². The van der Waals surface area contributed by atoms with Crippen molar-refractivity contribution < 1.29 is 10.2 Å². The van der Waals surface area contributed by atoms with Crippen LogP contribution in [-0.4, -0.2) is 40.1 Å². The van der Waals surface area contributed by atoms with E-state index >= 15 is 0 Å². The average Bonchev–Trinajstić information content (AvgIpc) is 2.30. The molecule has 0 bridgehead atoms. The van der Waals surface area contributed by atoms with E-state index in [4.69, 9.17) is 10.2 Å². The van der Waals surface area contributed by atoms with E-state index in [9.17, 15) is 0 Å². The molecule has 1 rings (SSSR count). The molecule has 10 heavy (non-hydrogen) atoms. The molecule has 1 aliphatic heterocycles. The normalized spacial score (nSPS) is 18.1. The summed E-state index contributed by atoms with van der Waals surface area (Å²) in [6, 6.07) is 0. The van der Waals surface area contributed by atoms with Crippen LogP contribution in [0, 0.1) is 0 Å². The van der Waals surface area contributed by atoms with E-state index < -0.39 is 0 Å². The summed E-state index contributed by atoms with van der Waals surface area (Å²) >= 11 is 0. The standard InChI is InChI=1S/C6H12N2O2/c1-6-2-7(4-9)3-8(6)5-10/h2,9-10H,3-5H2,1H3. The molecular formula is C6H12N2O2. The second-order valence-corrected chi connectivity index (χ2v) is 2.32. The molecule has 0 fully saturated rings. The van der Waals surface area contributed by atoms with E-state index in [1.807, 2.05) is 13.1 Å². The van der Waals surface area contributed by atoms with Crippen molar-refractivity contribution >= 4 is 0 Å². The Labute approximate surface area is 60.0 Å². The summed E-state index contributed by atoms with van der Waals surface area (Å²) < 4.78 is 0. The van der Waals surface area contributed by atoms with Gasteiger partial charge in [0.25, 0.3) is 0 Å². The zero-order valence-electron chi connectivity index (χ0n) is 5.99. The van der Waals surface area contributed by atoms with Crippen LogP contribution in [0.1, 0.15) is 6.92 Å². The monoisotopic (exact) mass is 144 g/mol. The van der Waals surface area contributed by atoms with Gasteiger partial charge in [0.1, 0.15) is 13.5 Å². The van der Waals surface area contributed by atoms with E-state index in [1.54, 1.807) is 9.80 Å². The topological polar surface area (TPSA) is 46.9 Å². The molecule has 1 heterocycles. The molecule has 0 amide bonds. The largest absolute Gasteiger partial charge is 0.376 e. The van der Waals surface area contributed by atoms with Crippen molar-refractivity contribution in [3.8, 4) is 0 Å². The van der Waals surface area contributed by atoms with E-state index in [1.165, 1.54) is 0 Å². The molecule has 0 unspecified atom stereocenters. The van der Waals surface area contributed by atoms with Crippen molar-refractivity contribution in [2.45, 2.75) is 6.92 Å². The predicted molar refractivity (Wildman–Crippen MR) is 36.5 cm³/mol. The van der Waals surface area contributed by atoms with Crippen LogP contribution in [0.4, 0.5) is 0 Å². The Bertz CT molecular complexity index is 147. The Morgan fingerprint density at radius 1 is 1.50 bits per heavy atom. The Kier molecular flexibility index (Phi) is 2.13. The third-order valence-electron chi connectivity index (χ3n) is 1.57. The van der Waals surface area contributed by atoms with Crippen LogP contribution in [0.25, 0.3) is 0 Å². The first kappa shape index (κ1) is 7.37. The van der Waals surface area contributed by atoms with E-state index in [2.05, 4.69) is 0 Å². The summed E-state index contributed by atoms with van der Waals surface area (Å²) in [6.07, 6.45) is 1.82. The van der Waals surface area contributed by atoms with Gasteiger partial charge < -0.3 is 20.0 Å². The molecule has 4 nitrogen and oxygen atoms in total. The van der Waals surface area contributed by atoms with Crippen molar-refractivity contribution in [1.29, 1.82) is 0 Å². The molecule has 0 aromatic carbocycles. The second kappa shape index (κ2) is 2.90. The van der Waals surface area contributed by atoms with Gasteiger partial charge in [-0.15, -0.1) is 0 Å². The van der Waals surface area contributed by atoms with Crippen molar-refractivity contribution in [3.63, 3.8) is 0 Å². The van der Waals surface area contributed by atoms with Crippen LogP contribution in [0.5, 0.6) is 0 Å². The van der Waals surface area contributed by atoms with Gasteiger partial charge in [-0.25, -0.2) is 0 Å². The number of allylic oxidation sites excluding steroid dienone is 1. The van der Waals surface area contributed by atoms with Gasteiger partial charge in [0.2, 0.25) is 0 Å². The van der Waals surface area contributed by atoms with Crippen molar-refractivity contribution in [2.75, 3.05) is 20.1 Å². The quantitative estimate of drug-likeness (QED) is 0.539. The Hall–Kier alpha value is -0.740. The molecule has 0 radical (unpaired) electrons. The molecule has 0 saturated carbocycles. The number of aliphatic hydroxyl groups excluding tert-OH is 2. The van der Waals surface area contributed by atoms with Gasteiger partial charge in [-0.05, 0) is 6.92 Å². The maximum atomic E-state index is 8.73. The molecule has 0 aliphatic carbocycles. The first-order chi connectivity index (χ1) is 4.77. The zero-order valence-corrected chi connectivity index (χ0v) is 5.99. The van der Waals surface area contributed by atoms with E-state index in [-0.39, 0.29) is 13.5 Å². The first-order valence-corrected chi connectivity index (χ1v) is 3.17. The smallest absolute Gasteiger partial charge is 0.117 e. The highest BCUT2D eigenvalue weighted by Crippen LogP contribution is 2.12. The summed E-state index contributed by atoms with van der Waals surface area (Å²) in [5.74, 6) is 0. The average molecular weight is 144 g/mol. The lowest BCUT2D eigenvalue weighted by Crippen LogP contribution is -2.27. The van der Waals surface area contributed by atoms with Gasteiger partial charge in [0.15, 0.2) is 0 Å². The van der Waals surface area contributed by atoms with Crippen molar-refractivity contribution in [2.24, 2.45) is 0 Å². The molecular weight excluding hydrogens is 132 g/mol. The molecule has 58 valence electrons. The molecule has 0 saturated heterocycles. The van der Waals surface area contributed by atoms with Gasteiger partial charge in [0, 0.05) is 11.9 Å². The minimum atomic E-state index is 0.00778. The molecule has 2 N–H and O–H groups in total. The number of hydrogen-bond acceptors (Lipinski definition) is 4. The summed E-state index contributed by atoms with van der Waals surface area (Å²) in [6.45, 7) is 2.50. The number of aliphatic hydroxyl groups is 2. The Morgan fingerprint density at radius 2 is 2.20 bits per heavy atom. The maximum absolute atomic E-state index is 8.73. The predicted octanol–water partition coefficient (Wildman–Crippen LogP) is -0.678. The Balaban J connectivity index is 2.50. The Morgan fingerprint density at radius 3 is 2.50 bits per heavy atom. The lowest BCUT2D eigenvalue weighted by atomic mass is 10.5. The van der Waals surface area contributed by atoms with Gasteiger partial charge in [-0.3, -0.25) is 0 Å². The highest BCUT2D eigenvalue weighted by Gasteiger charge is 2.14. The summed E-state index contributed by atoms with van der Waals surface area (Å²) in [4.78, 5) is 3.47. The van der Waals surface area contributed by atoms with E-state index in [0.717, 1.165) is 5.70 Å². The fourth-order valence-electron chi connectivity index (χ4n) is 0.959. The fraction of sp³-hybridized carbons (Fsp3) is 0.667. The minimum Gasteiger partial charge on any atom is -0.376 e. The van der Waals surface area contributed by atoms with Gasteiger partial charge in [-0.1, -0.05) is 0 Å². The third-order valence-corrected chi connectivity index (χ3v) is 1.57. The van der Waals surface area contributed by atoms with Gasteiger partial charge >= 0.3 is 0 Å². The third kappa shape index (κ3) is 1.22. The minimum absolute atomic E-state index is 0.00778.